The topological polar surface area (TPSA) is 55.8 Å². The Balaban J connectivity index is 2.85. The molecule has 0 aliphatic heterocycles. The zero-order chi connectivity index (χ0) is 16.3. The molecule has 1 aromatic carbocycles. The van der Waals surface area contributed by atoms with Crippen molar-refractivity contribution in [3.05, 3.63) is 29.8 Å². The van der Waals surface area contributed by atoms with E-state index in [1.54, 1.807) is 19.1 Å². The predicted octanol–water partition coefficient (Wildman–Crippen LogP) is 4.92. The van der Waals surface area contributed by atoms with Crippen molar-refractivity contribution in [3.8, 4) is 5.75 Å². The minimum Gasteiger partial charge on any atom is -0.404 e. The monoisotopic (exact) mass is 314 g/mol. The van der Waals surface area contributed by atoms with Gasteiger partial charge in [0.2, 0.25) is 0 Å². The summed E-state index contributed by atoms with van der Waals surface area (Å²) >= 11 is 0. The van der Waals surface area contributed by atoms with Gasteiger partial charge in [-0.25, -0.2) is 4.57 Å². The van der Waals surface area contributed by atoms with Gasteiger partial charge >= 0.3 is 7.82 Å². The average Bonchev–Trinajstić information content (AvgIpc) is 2.25. The van der Waals surface area contributed by atoms with Crippen molar-refractivity contribution in [2.75, 3.05) is 6.61 Å². The van der Waals surface area contributed by atoms with Crippen LogP contribution in [0.5, 0.6) is 5.75 Å². The second-order valence-corrected chi connectivity index (χ2v) is 8.50. The van der Waals surface area contributed by atoms with E-state index in [0.717, 1.165) is 6.42 Å². The first kappa shape index (κ1) is 18.2. The van der Waals surface area contributed by atoms with Crippen LogP contribution in [-0.4, -0.2) is 11.5 Å². The van der Waals surface area contributed by atoms with Crippen molar-refractivity contribution >= 4 is 7.82 Å². The Morgan fingerprint density at radius 3 is 2.05 bits per heavy atom. The molecule has 5 heteroatoms. The lowest BCUT2D eigenvalue weighted by Crippen LogP contribution is -2.24. The Labute approximate surface area is 128 Å². The molecule has 0 amide bonds. The minimum atomic E-state index is -4.00. The number of hydrogen-bond acceptors (Lipinski definition) is 3. The summed E-state index contributed by atoms with van der Waals surface area (Å²) in [6.45, 7) is 12.8. The smallest absolute Gasteiger partial charge is 0.404 e. The third kappa shape index (κ3) is 6.21. The summed E-state index contributed by atoms with van der Waals surface area (Å²) in [4.78, 5) is 9.46. The van der Waals surface area contributed by atoms with Crippen LogP contribution in [0.15, 0.2) is 24.3 Å². The third-order valence-corrected chi connectivity index (χ3v) is 4.15. The first-order chi connectivity index (χ1) is 9.45. The molecule has 1 rings (SSSR count). The van der Waals surface area contributed by atoms with Gasteiger partial charge in [-0.2, -0.15) is 0 Å². The second-order valence-electron chi connectivity index (χ2n) is 7.12. The van der Waals surface area contributed by atoms with Crippen molar-refractivity contribution in [1.29, 1.82) is 0 Å². The Morgan fingerprint density at radius 1 is 1.10 bits per heavy atom. The van der Waals surface area contributed by atoms with Crippen LogP contribution in [-0.2, 0) is 14.5 Å². The van der Waals surface area contributed by atoms with Gasteiger partial charge in [0.15, 0.2) is 0 Å². The number of phosphoric ester groups is 1. The number of hydrogen-bond donors (Lipinski definition) is 1. The zero-order valence-corrected chi connectivity index (χ0v) is 14.7. The second kappa shape index (κ2) is 6.51. The predicted molar refractivity (Wildman–Crippen MR) is 85.6 cm³/mol. The van der Waals surface area contributed by atoms with Crippen LogP contribution in [0.4, 0.5) is 0 Å². The van der Waals surface area contributed by atoms with Gasteiger partial charge in [0.25, 0.3) is 0 Å². The molecule has 1 N–H and O–H groups in total. The van der Waals surface area contributed by atoms with E-state index in [4.69, 9.17) is 4.52 Å². The van der Waals surface area contributed by atoms with E-state index in [1.165, 1.54) is 5.56 Å². The SMILES string of the molecule is CCOP(=O)(O)Oc1ccc(C(C)(C)CC(C)(C)C)cc1. The molecule has 1 atom stereocenters. The summed E-state index contributed by atoms with van der Waals surface area (Å²) in [6.07, 6.45) is 1.04. The molecule has 0 bridgehead atoms. The van der Waals surface area contributed by atoms with Crippen molar-refractivity contribution in [1.82, 2.24) is 0 Å². The van der Waals surface area contributed by atoms with E-state index < -0.39 is 7.82 Å². The van der Waals surface area contributed by atoms with Crippen molar-refractivity contribution in [3.63, 3.8) is 0 Å². The third-order valence-electron chi connectivity index (χ3n) is 3.12. The summed E-state index contributed by atoms with van der Waals surface area (Å²) in [6, 6.07) is 7.29. The van der Waals surface area contributed by atoms with Gasteiger partial charge in [0, 0.05) is 0 Å². The molecule has 1 aromatic rings. The summed E-state index contributed by atoms with van der Waals surface area (Å²) < 4.78 is 21.2. The van der Waals surface area contributed by atoms with E-state index in [9.17, 15) is 9.46 Å². The highest BCUT2D eigenvalue weighted by Crippen LogP contribution is 2.44. The molecular weight excluding hydrogens is 287 g/mol. The molecular formula is C16H27O4P. The van der Waals surface area contributed by atoms with Crippen molar-refractivity contribution < 1.29 is 18.5 Å². The Hall–Kier alpha value is -0.830. The maximum Gasteiger partial charge on any atom is 0.527 e. The molecule has 0 saturated carbocycles. The van der Waals surface area contributed by atoms with Gasteiger partial charge in [0.05, 0.1) is 6.61 Å². The van der Waals surface area contributed by atoms with Crippen molar-refractivity contribution in [2.24, 2.45) is 5.41 Å². The molecule has 120 valence electrons. The van der Waals surface area contributed by atoms with Crippen LogP contribution >= 0.6 is 7.82 Å². The highest BCUT2D eigenvalue weighted by molar-refractivity contribution is 7.47. The van der Waals surface area contributed by atoms with Crippen LogP contribution in [0.3, 0.4) is 0 Å². The molecule has 0 spiro atoms. The molecule has 21 heavy (non-hydrogen) atoms. The molecule has 0 aromatic heterocycles. The number of benzene rings is 1. The zero-order valence-electron chi connectivity index (χ0n) is 13.8. The van der Waals surface area contributed by atoms with Gasteiger partial charge in [-0.05, 0) is 41.9 Å². The fraction of sp³-hybridized carbons (Fsp3) is 0.625. The van der Waals surface area contributed by atoms with Gasteiger partial charge in [-0.15, -0.1) is 0 Å². The normalized spacial score (nSPS) is 15.6. The van der Waals surface area contributed by atoms with Crippen molar-refractivity contribution in [2.45, 2.75) is 53.4 Å². The van der Waals surface area contributed by atoms with Gasteiger partial charge in [-0.1, -0.05) is 46.8 Å². The molecule has 4 nitrogen and oxygen atoms in total. The van der Waals surface area contributed by atoms with E-state index >= 15 is 0 Å². The number of phosphoric acid groups is 1. The molecule has 0 aliphatic rings. The van der Waals surface area contributed by atoms with Crippen LogP contribution in [0.25, 0.3) is 0 Å². The molecule has 0 aliphatic carbocycles. The quantitative estimate of drug-likeness (QED) is 0.757. The Morgan fingerprint density at radius 2 is 1.62 bits per heavy atom. The first-order valence-corrected chi connectivity index (χ1v) is 8.72. The molecule has 0 fully saturated rings. The maximum absolute atomic E-state index is 11.6. The lowest BCUT2D eigenvalue weighted by Gasteiger charge is -2.33. The van der Waals surface area contributed by atoms with E-state index in [-0.39, 0.29) is 17.4 Å². The fourth-order valence-electron chi connectivity index (χ4n) is 2.72. The molecule has 0 saturated heterocycles. The maximum atomic E-state index is 11.6. The fourth-order valence-corrected chi connectivity index (χ4v) is 3.48. The summed E-state index contributed by atoms with van der Waals surface area (Å²) in [5, 5.41) is 0. The van der Waals surface area contributed by atoms with Gasteiger partial charge < -0.3 is 4.52 Å². The van der Waals surface area contributed by atoms with Gasteiger partial charge in [-0.3, -0.25) is 9.42 Å². The summed E-state index contributed by atoms with van der Waals surface area (Å²) in [5.74, 6) is 0.338. The average molecular weight is 314 g/mol. The van der Waals surface area contributed by atoms with Crippen LogP contribution < -0.4 is 4.52 Å². The van der Waals surface area contributed by atoms with E-state index in [0.29, 0.717) is 5.75 Å². The molecule has 0 heterocycles. The Bertz CT molecular complexity index is 500. The lowest BCUT2D eigenvalue weighted by molar-refractivity contribution is 0.213. The highest BCUT2D eigenvalue weighted by Gasteiger charge is 2.27. The van der Waals surface area contributed by atoms with E-state index in [2.05, 4.69) is 39.1 Å². The van der Waals surface area contributed by atoms with Crippen LogP contribution in [0, 0.1) is 5.41 Å². The van der Waals surface area contributed by atoms with Gasteiger partial charge in [0.1, 0.15) is 5.75 Å². The first-order valence-electron chi connectivity index (χ1n) is 7.23. The minimum absolute atomic E-state index is 0.0274. The largest absolute Gasteiger partial charge is 0.527 e. The standard InChI is InChI=1S/C16H27O4P/c1-7-19-21(17,18)20-14-10-8-13(9-11-14)16(5,6)12-15(2,3)4/h8-11H,7,12H2,1-6H3,(H,17,18). The number of rotatable bonds is 6. The van der Waals surface area contributed by atoms with Crippen LogP contribution in [0.1, 0.15) is 53.5 Å². The van der Waals surface area contributed by atoms with E-state index in [1.807, 2.05) is 12.1 Å². The molecule has 1 unspecified atom stereocenters. The van der Waals surface area contributed by atoms with Crippen LogP contribution in [0.2, 0.25) is 0 Å². The highest BCUT2D eigenvalue weighted by atomic mass is 31.2. The molecule has 0 radical (unpaired) electrons. The summed E-state index contributed by atoms with van der Waals surface area (Å²) in [7, 11) is -4.00. The summed E-state index contributed by atoms with van der Waals surface area (Å²) in [5.41, 5.74) is 1.43. The Kier molecular flexibility index (Phi) is 5.65. The lowest BCUT2D eigenvalue weighted by atomic mass is 9.72.